The van der Waals surface area contributed by atoms with Crippen LogP contribution in [0.5, 0.6) is 0 Å². The van der Waals surface area contributed by atoms with E-state index in [1.807, 2.05) is 31.7 Å². The minimum Gasteiger partial charge on any atom is -0.444 e. The topological polar surface area (TPSA) is 32.8 Å². The first-order valence-corrected chi connectivity index (χ1v) is 12.2. The number of hydrogen-bond donors (Lipinski definition) is 0. The maximum absolute atomic E-state index is 12.5. The first-order valence-electron chi connectivity index (χ1n) is 11.4. The lowest BCUT2D eigenvalue weighted by molar-refractivity contribution is 0.0117. The molecule has 1 aromatic rings. The van der Waals surface area contributed by atoms with Gasteiger partial charge in [0.15, 0.2) is 0 Å². The molecule has 0 bridgehead atoms. The second kappa shape index (κ2) is 11.3. The summed E-state index contributed by atoms with van der Waals surface area (Å²) in [7, 11) is 0. The van der Waals surface area contributed by atoms with E-state index in [-0.39, 0.29) is 12.1 Å². The quantitative estimate of drug-likeness (QED) is 0.369. The molecule has 1 saturated heterocycles. The zero-order valence-corrected chi connectivity index (χ0v) is 22.2. The van der Waals surface area contributed by atoms with Gasteiger partial charge in [-0.2, -0.15) is 0 Å². The summed E-state index contributed by atoms with van der Waals surface area (Å²) in [6, 6.07) is 8.58. The highest BCUT2D eigenvalue weighted by Gasteiger charge is 2.31. The van der Waals surface area contributed by atoms with Crippen LogP contribution in [-0.2, 0) is 4.74 Å². The molecule has 0 aromatic heterocycles. The fourth-order valence-electron chi connectivity index (χ4n) is 4.14. The standard InChI is InChI=1S/C27H39BrN2O2/c1-9-19(2)18-20(3)21(4)25(24-13-11-10-12-23(24)22(5)28)29-14-16-30(17-15-29)26(31)32-27(6,7)8/h9-13,19,25H,1,5,14-18H2,2-4,6-8H3/b21-20+. The number of amides is 1. The highest BCUT2D eigenvalue weighted by Crippen LogP contribution is 2.37. The van der Waals surface area contributed by atoms with Crippen molar-refractivity contribution in [1.82, 2.24) is 9.80 Å². The van der Waals surface area contributed by atoms with Crippen LogP contribution < -0.4 is 0 Å². The van der Waals surface area contributed by atoms with Crippen LogP contribution in [-0.4, -0.2) is 47.7 Å². The van der Waals surface area contributed by atoms with Gasteiger partial charge in [-0.05, 0) is 58.1 Å². The van der Waals surface area contributed by atoms with Crippen molar-refractivity contribution in [3.05, 3.63) is 65.8 Å². The van der Waals surface area contributed by atoms with Crippen LogP contribution in [0, 0.1) is 5.92 Å². The molecule has 0 radical (unpaired) electrons. The van der Waals surface area contributed by atoms with Crippen LogP contribution in [0.25, 0.3) is 4.48 Å². The van der Waals surface area contributed by atoms with Gasteiger partial charge >= 0.3 is 6.09 Å². The number of halogens is 1. The normalized spacial score (nSPS) is 17.9. The molecule has 1 amide bonds. The molecule has 2 atom stereocenters. The van der Waals surface area contributed by atoms with Crippen LogP contribution in [0.1, 0.15) is 65.1 Å². The number of carbonyl (C=O) groups excluding carboxylic acids is 1. The Bertz CT molecular complexity index is 861. The number of nitrogens with zero attached hydrogens (tertiary/aromatic N) is 2. The summed E-state index contributed by atoms with van der Waals surface area (Å²) in [5.74, 6) is 0.427. The van der Waals surface area contributed by atoms with Crippen LogP contribution >= 0.6 is 15.9 Å². The van der Waals surface area contributed by atoms with Crippen molar-refractivity contribution in [1.29, 1.82) is 0 Å². The Morgan fingerprint density at radius 1 is 1.19 bits per heavy atom. The van der Waals surface area contributed by atoms with Crippen LogP contribution in [0.2, 0.25) is 0 Å². The largest absolute Gasteiger partial charge is 0.444 e. The van der Waals surface area contributed by atoms with E-state index < -0.39 is 5.60 Å². The summed E-state index contributed by atoms with van der Waals surface area (Å²) in [4.78, 5) is 16.8. The van der Waals surface area contributed by atoms with Gasteiger partial charge in [0.1, 0.15) is 5.60 Å². The zero-order chi connectivity index (χ0) is 24.1. The summed E-state index contributed by atoms with van der Waals surface area (Å²) in [5.41, 5.74) is 4.61. The second-order valence-electron chi connectivity index (χ2n) is 9.78. The molecule has 2 unspecified atom stereocenters. The summed E-state index contributed by atoms with van der Waals surface area (Å²) in [6.45, 7) is 23.4. The van der Waals surface area contributed by atoms with Crippen LogP contribution in [0.4, 0.5) is 4.79 Å². The highest BCUT2D eigenvalue weighted by molar-refractivity contribution is 9.15. The van der Waals surface area contributed by atoms with Crippen molar-refractivity contribution in [2.75, 3.05) is 26.2 Å². The van der Waals surface area contributed by atoms with Gasteiger partial charge in [0.05, 0.1) is 6.04 Å². The summed E-state index contributed by atoms with van der Waals surface area (Å²) >= 11 is 3.61. The lowest BCUT2D eigenvalue weighted by atomic mass is 9.88. The van der Waals surface area contributed by atoms with E-state index in [9.17, 15) is 4.79 Å². The van der Waals surface area contributed by atoms with Gasteiger partial charge in [0, 0.05) is 30.7 Å². The Balaban J connectivity index is 2.35. The predicted molar refractivity (Wildman–Crippen MR) is 139 cm³/mol. The minimum atomic E-state index is -0.482. The number of rotatable bonds is 7. The fraction of sp³-hybridized carbons (Fsp3) is 0.519. The average Bonchev–Trinajstić information content (AvgIpc) is 2.73. The number of piperazine rings is 1. The van der Waals surface area contributed by atoms with Crippen molar-refractivity contribution in [2.24, 2.45) is 5.92 Å². The van der Waals surface area contributed by atoms with E-state index in [1.165, 1.54) is 16.7 Å². The SMILES string of the molecule is C=CC(C)C/C(C)=C(\C)C(c1ccccc1C(=C)Br)N1CCN(C(=O)OC(C)(C)C)CC1. The van der Waals surface area contributed by atoms with Crippen LogP contribution in [0.3, 0.4) is 0 Å². The molecule has 176 valence electrons. The Kier molecular flexibility index (Phi) is 9.35. The average molecular weight is 504 g/mol. The third kappa shape index (κ3) is 7.08. The number of benzene rings is 1. The molecule has 1 aromatic carbocycles. The van der Waals surface area contributed by atoms with E-state index in [4.69, 9.17) is 4.74 Å². The van der Waals surface area contributed by atoms with Crippen molar-refractivity contribution >= 4 is 26.5 Å². The molecular weight excluding hydrogens is 464 g/mol. The number of carbonyl (C=O) groups is 1. The molecule has 4 nitrogen and oxygen atoms in total. The molecular formula is C27H39BrN2O2. The van der Waals surface area contributed by atoms with Crippen molar-refractivity contribution < 1.29 is 9.53 Å². The van der Waals surface area contributed by atoms with E-state index >= 15 is 0 Å². The van der Waals surface area contributed by atoms with Gasteiger partial charge in [-0.15, -0.1) is 6.58 Å². The second-order valence-corrected chi connectivity index (χ2v) is 10.7. The van der Waals surface area contributed by atoms with E-state index in [2.05, 4.69) is 79.0 Å². The molecule has 2 rings (SSSR count). The minimum absolute atomic E-state index is 0.123. The predicted octanol–water partition coefficient (Wildman–Crippen LogP) is 7.19. The van der Waals surface area contributed by atoms with Crippen molar-refractivity contribution in [2.45, 2.75) is 59.6 Å². The first-order chi connectivity index (χ1) is 14.9. The first kappa shape index (κ1) is 26.4. The molecule has 1 fully saturated rings. The van der Waals surface area contributed by atoms with Gasteiger partial charge in [-0.1, -0.05) is 70.9 Å². The van der Waals surface area contributed by atoms with Gasteiger partial charge < -0.3 is 9.64 Å². The smallest absolute Gasteiger partial charge is 0.410 e. The molecule has 0 spiro atoms. The Morgan fingerprint density at radius 3 is 2.31 bits per heavy atom. The van der Waals surface area contributed by atoms with Crippen molar-refractivity contribution in [3.63, 3.8) is 0 Å². The van der Waals surface area contributed by atoms with E-state index in [0.29, 0.717) is 19.0 Å². The van der Waals surface area contributed by atoms with Crippen LogP contribution in [0.15, 0.2) is 54.6 Å². The molecule has 1 heterocycles. The lowest BCUT2D eigenvalue weighted by Crippen LogP contribution is -2.51. The molecule has 0 N–H and O–H groups in total. The van der Waals surface area contributed by atoms with Gasteiger partial charge in [-0.3, -0.25) is 4.90 Å². The maximum atomic E-state index is 12.5. The Hall–Kier alpha value is -1.85. The Morgan fingerprint density at radius 2 is 1.78 bits per heavy atom. The summed E-state index contributed by atoms with van der Waals surface area (Å²) in [5, 5.41) is 0. The molecule has 5 heteroatoms. The third-order valence-electron chi connectivity index (χ3n) is 5.99. The fourth-order valence-corrected chi connectivity index (χ4v) is 4.50. The highest BCUT2D eigenvalue weighted by atomic mass is 79.9. The summed E-state index contributed by atoms with van der Waals surface area (Å²) < 4.78 is 6.47. The van der Waals surface area contributed by atoms with Crippen molar-refractivity contribution in [3.8, 4) is 0 Å². The number of ether oxygens (including phenoxy) is 1. The lowest BCUT2D eigenvalue weighted by Gasteiger charge is -2.41. The number of allylic oxidation sites excluding steroid dienone is 2. The third-order valence-corrected chi connectivity index (χ3v) is 6.42. The number of hydrogen-bond acceptors (Lipinski definition) is 3. The van der Waals surface area contributed by atoms with Gasteiger partial charge in [-0.25, -0.2) is 4.79 Å². The maximum Gasteiger partial charge on any atom is 0.410 e. The molecule has 0 saturated carbocycles. The van der Waals surface area contributed by atoms with Gasteiger partial charge in [0.25, 0.3) is 0 Å². The monoisotopic (exact) mass is 502 g/mol. The zero-order valence-electron chi connectivity index (χ0n) is 20.6. The molecule has 32 heavy (non-hydrogen) atoms. The van der Waals surface area contributed by atoms with E-state index in [0.717, 1.165) is 29.6 Å². The van der Waals surface area contributed by atoms with Gasteiger partial charge in [0.2, 0.25) is 0 Å². The Labute approximate surface area is 203 Å². The molecule has 1 aliphatic heterocycles. The van der Waals surface area contributed by atoms with E-state index in [1.54, 1.807) is 0 Å². The molecule has 0 aliphatic carbocycles. The molecule has 1 aliphatic rings. The summed E-state index contributed by atoms with van der Waals surface area (Å²) in [6.07, 6.45) is 2.77.